The molecule has 0 N–H and O–H groups in total. The fraction of sp³-hybridized carbons (Fsp3) is 0.333. The monoisotopic (exact) mass is 225 g/mol. The van der Waals surface area contributed by atoms with Crippen LogP contribution in [0.1, 0.15) is 32.5 Å². The Labute approximate surface area is 90.3 Å². The summed E-state index contributed by atoms with van der Waals surface area (Å²) in [4.78, 5) is 25.9. The molecule has 0 fully saturated rings. The molecule has 0 unspecified atom stereocenters. The smallest absolute Gasteiger partial charge is 0.456 e. The van der Waals surface area contributed by atoms with Crippen molar-refractivity contribution in [3.8, 4) is 0 Å². The molecule has 0 aliphatic carbocycles. The Hall–Kier alpha value is -1.74. The molecule has 0 radical (unpaired) electrons. The number of thiophene rings is 1. The van der Waals surface area contributed by atoms with Crippen LogP contribution < -0.4 is 0 Å². The number of ketones is 1. The summed E-state index contributed by atoms with van der Waals surface area (Å²) in [6, 6.07) is 0. The van der Waals surface area contributed by atoms with Crippen molar-refractivity contribution in [2.75, 3.05) is 7.11 Å². The van der Waals surface area contributed by atoms with Crippen molar-refractivity contribution < 1.29 is 14.3 Å². The van der Waals surface area contributed by atoms with E-state index in [-0.39, 0.29) is 16.3 Å². The first kappa shape index (κ1) is 11.3. The third-order valence-corrected chi connectivity index (χ3v) is 3.21. The molecule has 15 heavy (non-hydrogen) atoms. The first-order valence-corrected chi connectivity index (χ1v) is 4.92. The summed E-state index contributed by atoms with van der Waals surface area (Å²) in [7, 11) is 1.23. The first-order valence-electron chi connectivity index (χ1n) is 4.10. The molecule has 0 atom stereocenters. The van der Waals surface area contributed by atoms with Crippen LogP contribution in [0, 0.1) is 12.3 Å². The fourth-order valence-electron chi connectivity index (χ4n) is 1.25. The molecule has 0 amide bonds. The van der Waals surface area contributed by atoms with E-state index in [1.54, 1.807) is 6.92 Å². The zero-order valence-electron chi connectivity index (χ0n) is 8.53. The van der Waals surface area contributed by atoms with Crippen molar-refractivity contribution in [3.63, 3.8) is 0 Å². The average Bonchev–Trinajstić information content (AvgIpc) is 2.54. The van der Waals surface area contributed by atoms with Crippen molar-refractivity contribution in [3.05, 3.63) is 21.0 Å². The second kappa shape index (κ2) is 4.19. The molecule has 0 aromatic carbocycles. The van der Waals surface area contributed by atoms with E-state index in [9.17, 15) is 9.59 Å². The summed E-state index contributed by atoms with van der Waals surface area (Å²) in [5, 5.41) is 8.80. The van der Waals surface area contributed by atoms with Gasteiger partial charge in [0.05, 0.1) is 12.0 Å². The topological polar surface area (TPSA) is 71.5 Å². The maximum absolute atomic E-state index is 11.4. The van der Waals surface area contributed by atoms with Gasteiger partial charge in [-0.2, -0.15) is 0 Å². The SMILES string of the molecule is COC(=O)c1c([N+]#N)sc(C(C)=O)c1C. The summed E-state index contributed by atoms with van der Waals surface area (Å²) in [6.45, 7) is 3.01. The largest absolute Gasteiger partial charge is 0.465 e. The van der Waals surface area contributed by atoms with Crippen molar-refractivity contribution in [2.45, 2.75) is 13.8 Å². The Morgan fingerprint density at radius 1 is 1.47 bits per heavy atom. The number of nitrogens with zero attached hydrogens (tertiary/aromatic N) is 2. The highest BCUT2D eigenvalue weighted by atomic mass is 32.1. The quantitative estimate of drug-likeness (QED) is 0.440. The van der Waals surface area contributed by atoms with Gasteiger partial charge in [-0.3, -0.25) is 4.79 Å². The number of esters is 1. The maximum Gasteiger partial charge on any atom is 0.456 e. The van der Waals surface area contributed by atoms with Crippen LogP contribution in [0.15, 0.2) is 0 Å². The summed E-state index contributed by atoms with van der Waals surface area (Å²) < 4.78 is 4.54. The number of carbonyl (C=O) groups excluding carboxylic acids is 2. The van der Waals surface area contributed by atoms with Crippen LogP contribution in [0.25, 0.3) is 4.98 Å². The Balaban J connectivity index is 3.44. The molecule has 0 saturated heterocycles. The number of hydrogen-bond acceptors (Lipinski definition) is 5. The first-order chi connectivity index (χ1) is 7.02. The van der Waals surface area contributed by atoms with Gasteiger partial charge in [-0.05, 0) is 30.7 Å². The molecule has 1 heterocycles. The van der Waals surface area contributed by atoms with E-state index in [1.807, 2.05) is 0 Å². The minimum atomic E-state index is -0.607. The molecule has 0 aliphatic heterocycles. The van der Waals surface area contributed by atoms with E-state index in [4.69, 9.17) is 5.39 Å². The Kier molecular flexibility index (Phi) is 3.17. The molecule has 0 bridgehead atoms. The highest BCUT2D eigenvalue weighted by Crippen LogP contribution is 2.35. The van der Waals surface area contributed by atoms with E-state index < -0.39 is 5.97 Å². The number of rotatable bonds is 2. The van der Waals surface area contributed by atoms with Gasteiger partial charge in [-0.1, -0.05) is 0 Å². The Bertz CT molecular complexity index is 470. The Morgan fingerprint density at radius 3 is 2.47 bits per heavy atom. The summed E-state index contributed by atoms with van der Waals surface area (Å²) in [5.41, 5.74) is 0.641. The van der Waals surface area contributed by atoms with Gasteiger partial charge in [-0.25, -0.2) is 4.79 Å². The minimum Gasteiger partial charge on any atom is -0.465 e. The second-order valence-corrected chi connectivity index (χ2v) is 3.88. The lowest BCUT2D eigenvalue weighted by Gasteiger charge is -1.95. The lowest BCUT2D eigenvalue weighted by atomic mass is 10.1. The van der Waals surface area contributed by atoms with Gasteiger partial charge in [0.15, 0.2) is 16.3 Å². The molecule has 5 nitrogen and oxygen atoms in total. The third-order valence-electron chi connectivity index (χ3n) is 1.93. The molecule has 1 aromatic heterocycles. The summed E-state index contributed by atoms with van der Waals surface area (Å²) in [5.74, 6) is -0.776. The zero-order valence-corrected chi connectivity index (χ0v) is 9.34. The fourth-order valence-corrected chi connectivity index (χ4v) is 2.22. The van der Waals surface area contributed by atoms with E-state index >= 15 is 0 Å². The van der Waals surface area contributed by atoms with Crippen molar-refractivity contribution in [1.82, 2.24) is 0 Å². The molecule has 0 spiro atoms. The number of methoxy groups -OCH3 is 1. The van der Waals surface area contributed by atoms with Crippen molar-refractivity contribution in [1.29, 1.82) is 5.39 Å². The van der Waals surface area contributed by atoms with Crippen LogP contribution in [0.2, 0.25) is 0 Å². The van der Waals surface area contributed by atoms with E-state index in [2.05, 4.69) is 9.71 Å². The predicted octanol–water partition coefficient (Wildman–Crippen LogP) is 2.53. The molecule has 78 valence electrons. The highest BCUT2D eigenvalue weighted by molar-refractivity contribution is 7.18. The third kappa shape index (κ3) is 1.87. The summed E-state index contributed by atoms with van der Waals surface area (Å²) >= 11 is 0.971. The molecular formula is C9H9N2O3S+. The van der Waals surface area contributed by atoms with Gasteiger partial charge in [0, 0.05) is 0 Å². The maximum atomic E-state index is 11.4. The zero-order chi connectivity index (χ0) is 11.6. The standard InChI is InChI=1S/C9H9N2O3S/c1-4-6(9(13)14-3)8(11-10)15-7(4)5(2)12/h1-3H3/q+1. The van der Waals surface area contributed by atoms with Gasteiger partial charge in [0.2, 0.25) is 5.39 Å². The number of diazo groups is 1. The lowest BCUT2D eigenvalue weighted by molar-refractivity contribution is 0.0601. The van der Waals surface area contributed by atoms with Crippen LogP contribution in [-0.4, -0.2) is 18.9 Å². The van der Waals surface area contributed by atoms with Gasteiger partial charge in [-0.15, -0.1) is 0 Å². The number of carbonyl (C=O) groups is 2. The van der Waals surface area contributed by atoms with Crippen LogP contribution in [-0.2, 0) is 4.74 Å². The minimum absolute atomic E-state index is 0.101. The van der Waals surface area contributed by atoms with Gasteiger partial charge < -0.3 is 4.74 Å². The van der Waals surface area contributed by atoms with Gasteiger partial charge in [0.25, 0.3) is 0 Å². The number of Topliss-reactive ketones (excluding diaryl/α,β-unsaturated/α-hetero) is 1. The van der Waals surface area contributed by atoms with Gasteiger partial charge in [0.1, 0.15) is 0 Å². The second-order valence-electron chi connectivity index (χ2n) is 2.88. The molecule has 0 aliphatic rings. The van der Waals surface area contributed by atoms with Crippen LogP contribution >= 0.6 is 11.3 Å². The molecular weight excluding hydrogens is 216 g/mol. The molecule has 1 aromatic rings. The average molecular weight is 225 g/mol. The van der Waals surface area contributed by atoms with Crippen molar-refractivity contribution in [2.24, 2.45) is 0 Å². The van der Waals surface area contributed by atoms with Crippen LogP contribution in [0.5, 0.6) is 0 Å². The van der Waals surface area contributed by atoms with Crippen LogP contribution in [0.3, 0.4) is 0 Å². The van der Waals surface area contributed by atoms with E-state index in [0.717, 1.165) is 11.3 Å². The molecule has 0 saturated carbocycles. The molecule has 1 rings (SSSR count). The van der Waals surface area contributed by atoms with E-state index in [0.29, 0.717) is 10.4 Å². The van der Waals surface area contributed by atoms with E-state index in [1.165, 1.54) is 14.0 Å². The van der Waals surface area contributed by atoms with Crippen molar-refractivity contribution >= 4 is 28.1 Å². The normalized spacial score (nSPS) is 9.47. The highest BCUT2D eigenvalue weighted by Gasteiger charge is 2.31. The number of ether oxygens (including phenoxy) is 1. The van der Waals surface area contributed by atoms with Crippen LogP contribution in [0.4, 0.5) is 5.00 Å². The summed E-state index contributed by atoms with van der Waals surface area (Å²) in [6.07, 6.45) is 0. The Morgan fingerprint density at radius 2 is 2.07 bits per heavy atom. The lowest BCUT2D eigenvalue weighted by Crippen LogP contribution is -2.02. The predicted molar refractivity (Wildman–Crippen MR) is 55.1 cm³/mol. The molecule has 6 heteroatoms. The van der Waals surface area contributed by atoms with Gasteiger partial charge >= 0.3 is 11.0 Å². The number of hydrogen-bond donors (Lipinski definition) is 0.